The van der Waals surface area contributed by atoms with E-state index in [-0.39, 0.29) is 0 Å². The van der Waals surface area contributed by atoms with Gasteiger partial charge in [0.05, 0.1) is 5.56 Å². The van der Waals surface area contributed by atoms with Crippen LogP contribution in [0.4, 0.5) is 0 Å². The van der Waals surface area contributed by atoms with Gasteiger partial charge in [-0.05, 0) is 42.5 Å². The van der Waals surface area contributed by atoms with Crippen LogP contribution in [0.5, 0.6) is 0 Å². The summed E-state index contributed by atoms with van der Waals surface area (Å²) in [4.78, 5) is 10.9. The first kappa shape index (κ1) is 15.0. The van der Waals surface area contributed by atoms with Crippen LogP contribution in [0.25, 0.3) is 0 Å². The molecule has 1 aromatic carbocycles. The molecule has 2 rings (SSSR count). The maximum atomic E-state index is 10.9. The van der Waals surface area contributed by atoms with Gasteiger partial charge in [0.1, 0.15) is 0 Å². The molecular weight excluding hydrogens is 250 g/mol. The van der Waals surface area contributed by atoms with Crippen LogP contribution in [0.1, 0.15) is 54.9 Å². The molecule has 0 aromatic heterocycles. The quantitative estimate of drug-likeness (QED) is 0.832. The molecule has 0 amide bonds. The zero-order valence-corrected chi connectivity index (χ0v) is 12.3. The summed E-state index contributed by atoms with van der Waals surface area (Å²) in [6, 6.07) is 7.20. The number of rotatable bonds is 6. The van der Waals surface area contributed by atoms with Crippen molar-refractivity contribution in [2.24, 2.45) is 11.8 Å². The summed E-state index contributed by atoms with van der Waals surface area (Å²) in [6.07, 6.45) is 6.73. The number of carboxylic acids is 1. The van der Waals surface area contributed by atoms with Gasteiger partial charge in [0.25, 0.3) is 0 Å². The Hall–Kier alpha value is -1.35. The molecule has 110 valence electrons. The minimum absolute atomic E-state index is 0.369. The van der Waals surface area contributed by atoms with E-state index in [1.165, 1.54) is 32.1 Å². The molecule has 1 aliphatic carbocycles. The SMILES string of the molecule is CCC1CCCCC1CNCc1cccc(C(=O)O)c1. The van der Waals surface area contributed by atoms with E-state index in [2.05, 4.69) is 12.2 Å². The Labute approximate surface area is 121 Å². The Morgan fingerprint density at radius 3 is 2.75 bits per heavy atom. The Kier molecular flexibility index (Phi) is 5.60. The molecule has 1 fully saturated rings. The molecule has 0 spiro atoms. The average Bonchev–Trinajstić information content (AvgIpc) is 2.48. The van der Waals surface area contributed by atoms with Crippen molar-refractivity contribution >= 4 is 5.97 Å². The van der Waals surface area contributed by atoms with Crippen molar-refractivity contribution in [1.82, 2.24) is 5.32 Å². The van der Waals surface area contributed by atoms with Crippen molar-refractivity contribution in [2.45, 2.75) is 45.6 Å². The van der Waals surface area contributed by atoms with Crippen LogP contribution >= 0.6 is 0 Å². The fourth-order valence-electron chi connectivity index (χ4n) is 3.31. The number of nitrogens with one attached hydrogen (secondary N) is 1. The fraction of sp³-hybridized carbons (Fsp3) is 0.588. The van der Waals surface area contributed by atoms with Gasteiger partial charge >= 0.3 is 5.97 Å². The summed E-state index contributed by atoms with van der Waals surface area (Å²) in [5, 5.41) is 12.5. The third kappa shape index (κ3) is 4.07. The number of aromatic carboxylic acids is 1. The lowest BCUT2D eigenvalue weighted by atomic mass is 9.78. The number of carboxylic acid groups (broad SMARTS) is 1. The first-order valence-corrected chi connectivity index (χ1v) is 7.73. The van der Waals surface area contributed by atoms with Crippen LogP contribution in [0.2, 0.25) is 0 Å². The van der Waals surface area contributed by atoms with E-state index in [4.69, 9.17) is 5.11 Å². The van der Waals surface area contributed by atoms with Gasteiger partial charge in [-0.3, -0.25) is 0 Å². The third-order valence-corrected chi connectivity index (χ3v) is 4.50. The summed E-state index contributed by atoms with van der Waals surface area (Å²) in [5.41, 5.74) is 1.42. The molecule has 2 N–H and O–H groups in total. The molecule has 3 heteroatoms. The smallest absolute Gasteiger partial charge is 0.335 e. The van der Waals surface area contributed by atoms with Crippen molar-refractivity contribution in [3.63, 3.8) is 0 Å². The summed E-state index contributed by atoms with van der Waals surface area (Å²) in [5.74, 6) is 0.795. The van der Waals surface area contributed by atoms with Gasteiger partial charge < -0.3 is 10.4 Å². The largest absolute Gasteiger partial charge is 0.478 e. The van der Waals surface area contributed by atoms with Gasteiger partial charge in [0.2, 0.25) is 0 Å². The third-order valence-electron chi connectivity index (χ3n) is 4.50. The van der Waals surface area contributed by atoms with Crippen LogP contribution < -0.4 is 5.32 Å². The van der Waals surface area contributed by atoms with Gasteiger partial charge in [-0.15, -0.1) is 0 Å². The summed E-state index contributed by atoms with van der Waals surface area (Å²) in [7, 11) is 0. The highest BCUT2D eigenvalue weighted by Gasteiger charge is 2.22. The second kappa shape index (κ2) is 7.44. The van der Waals surface area contributed by atoms with E-state index in [1.807, 2.05) is 12.1 Å². The molecule has 2 unspecified atom stereocenters. The van der Waals surface area contributed by atoms with Gasteiger partial charge in [-0.25, -0.2) is 4.79 Å². The molecule has 0 bridgehead atoms. The number of hydrogen-bond acceptors (Lipinski definition) is 2. The van der Waals surface area contributed by atoms with Gasteiger partial charge in [0, 0.05) is 6.54 Å². The normalized spacial score (nSPS) is 22.6. The highest BCUT2D eigenvalue weighted by atomic mass is 16.4. The maximum absolute atomic E-state index is 10.9. The van der Waals surface area contributed by atoms with E-state index in [0.717, 1.165) is 30.5 Å². The zero-order chi connectivity index (χ0) is 14.4. The first-order valence-electron chi connectivity index (χ1n) is 7.73. The van der Waals surface area contributed by atoms with E-state index < -0.39 is 5.97 Å². The van der Waals surface area contributed by atoms with Crippen LogP contribution in [0, 0.1) is 11.8 Å². The lowest BCUT2D eigenvalue weighted by molar-refractivity contribution is 0.0696. The van der Waals surface area contributed by atoms with E-state index in [1.54, 1.807) is 12.1 Å². The second-order valence-electron chi connectivity index (χ2n) is 5.85. The molecule has 20 heavy (non-hydrogen) atoms. The summed E-state index contributed by atoms with van der Waals surface area (Å²) in [6.45, 7) is 4.10. The molecule has 1 aliphatic rings. The maximum Gasteiger partial charge on any atom is 0.335 e. The monoisotopic (exact) mass is 275 g/mol. The molecule has 2 atom stereocenters. The van der Waals surface area contributed by atoms with Gasteiger partial charge in [0.15, 0.2) is 0 Å². The highest BCUT2D eigenvalue weighted by Crippen LogP contribution is 2.31. The molecule has 0 heterocycles. The Morgan fingerprint density at radius 1 is 1.30 bits per heavy atom. The molecule has 0 radical (unpaired) electrons. The minimum atomic E-state index is -0.856. The van der Waals surface area contributed by atoms with Crippen molar-refractivity contribution < 1.29 is 9.90 Å². The Balaban J connectivity index is 1.83. The number of hydrogen-bond donors (Lipinski definition) is 2. The summed E-state index contributed by atoms with van der Waals surface area (Å²) >= 11 is 0. The van der Waals surface area contributed by atoms with Crippen LogP contribution in [0.15, 0.2) is 24.3 Å². The van der Waals surface area contributed by atoms with Gasteiger partial charge in [-0.1, -0.05) is 44.7 Å². The van der Waals surface area contributed by atoms with Crippen molar-refractivity contribution in [3.05, 3.63) is 35.4 Å². The lowest BCUT2D eigenvalue weighted by Crippen LogP contribution is -2.30. The second-order valence-corrected chi connectivity index (χ2v) is 5.85. The topological polar surface area (TPSA) is 49.3 Å². The van der Waals surface area contributed by atoms with Crippen LogP contribution in [-0.2, 0) is 6.54 Å². The number of carbonyl (C=O) groups is 1. The fourth-order valence-corrected chi connectivity index (χ4v) is 3.31. The highest BCUT2D eigenvalue weighted by molar-refractivity contribution is 5.87. The van der Waals surface area contributed by atoms with Crippen LogP contribution in [0.3, 0.4) is 0 Å². The Bertz CT molecular complexity index is 444. The van der Waals surface area contributed by atoms with Crippen molar-refractivity contribution in [3.8, 4) is 0 Å². The molecule has 3 nitrogen and oxygen atoms in total. The van der Waals surface area contributed by atoms with Crippen LogP contribution in [-0.4, -0.2) is 17.6 Å². The average molecular weight is 275 g/mol. The molecular formula is C17H25NO2. The predicted octanol–water partition coefficient (Wildman–Crippen LogP) is 3.69. The molecule has 0 aliphatic heterocycles. The minimum Gasteiger partial charge on any atom is -0.478 e. The summed E-state index contributed by atoms with van der Waals surface area (Å²) < 4.78 is 0. The van der Waals surface area contributed by atoms with E-state index in [9.17, 15) is 4.79 Å². The first-order chi connectivity index (χ1) is 9.70. The number of benzene rings is 1. The van der Waals surface area contributed by atoms with Gasteiger partial charge in [-0.2, -0.15) is 0 Å². The standard InChI is InChI=1S/C17H25NO2/c1-2-14-7-3-4-8-16(14)12-18-11-13-6-5-9-15(10-13)17(19)20/h5-6,9-10,14,16,18H,2-4,7-8,11-12H2,1H3,(H,19,20). The van der Waals surface area contributed by atoms with Crippen molar-refractivity contribution in [1.29, 1.82) is 0 Å². The molecule has 0 saturated heterocycles. The van der Waals surface area contributed by atoms with E-state index in [0.29, 0.717) is 5.56 Å². The lowest BCUT2D eigenvalue weighted by Gasteiger charge is -2.31. The Morgan fingerprint density at radius 2 is 2.05 bits per heavy atom. The molecule has 1 saturated carbocycles. The molecule has 1 aromatic rings. The zero-order valence-electron chi connectivity index (χ0n) is 12.3. The van der Waals surface area contributed by atoms with E-state index >= 15 is 0 Å². The predicted molar refractivity (Wildman–Crippen MR) is 80.8 cm³/mol. The van der Waals surface area contributed by atoms with Crippen molar-refractivity contribution in [2.75, 3.05) is 6.54 Å².